The largest absolute Gasteiger partial charge is 0.370 e. The summed E-state index contributed by atoms with van der Waals surface area (Å²) in [7, 11) is 0. The van der Waals surface area contributed by atoms with Gasteiger partial charge in [-0.3, -0.25) is 4.79 Å². The molecule has 1 aromatic heterocycles. The molecule has 4 rings (SSSR count). The number of fused-ring (bicyclic) bond motifs is 3. The van der Waals surface area contributed by atoms with Gasteiger partial charge in [-0.15, -0.1) is 11.8 Å². The first-order valence-electron chi connectivity index (χ1n) is 6.35. The van der Waals surface area contributed by atoms with Crippen LogP contribution in [0.3, 0.4) is 0 Å². The smallest absolute Gasteiger partial charge is 0.195 e. The highest BCUT2D eigenvalue weighted by Gasteiger charge is 2.34. The Bertz CT molecular complexity index is 648. The van der Waals surface area contributed by atoms with E-state index in [9.17, 15) is 4.79 Å². The van der Waals surface area contributed by atoms with Gasteiger partial charge in [0.05, 0.1) is 18.9 Å². The second kappa shape index (κ2) is 4.25. The minimum absolute atomic E-state index is 0.122. The van der Waals surface area contributed by atoms with E-state index in [-0.39, 0.29) is 11.2 Å². The molecule has 0 amide bonds. The van der Waals surface area contributed by atoms with Crippen molar-refractivity contribution in [1.82, 2.24) is 4.57 Å². The van der Waals surface area contributed by atoms with Crippen LogP contribution in [0.5, 0.6) is 0 Å². The monoisotopic (exact) mass is 271 g/mol. The third-order valence-electron chi connectivity index (χ3n) is 3.71. The minimum atomic E-state index is -0.122. The number of Topliss-reactive ketones (excluding diaryl/α,β-unsaturated/α-hetero) is 1. The lowest BCUT2D eigenvalue weighted by molar-refractivity contribution is 0.0962. The van der Waals surface area contributed by atoms with Crippen LogP contribution in [-0.2, 0) is 23.7 Å². The number of aromatic nitrogens is 1. The molecule has 2 aliphatic heterocycles. The molecule has 0 N–H and O–H groups in total. The summed E-state index contributed by atoms with van der Waals surface area (Å²) in [5.41, 5.74) is 4.48. The van der Waals surface area contributed by atoms with E-state index in [1.54, 1.807) is 11.8 Å². The predicted molar refractivity (Wildman–Crippen MR) is 74.0 cm³/mol. The normalized spacial score (nSPS) is 20.3. The summed E-state index contributed by atoms with van der Waals surface area (Å²) < 4.78 is 7.66. The average molecular weight is 271 g/mol. The molecule has 0 fully saturated rings. The van der Waals surface area contributed by atoms with Gasteiger partial charge in [0, 0.05) is 22.6 Å². The first kappa shape index (κ1) is 11.3. The van der Waals surface area contributed by atoms with Gasteiger partial charge in [-0.05, 0) is 6.07 Å². The van der Waals surface area contributed by atoms with Crippen molar-refractivity contribution in [3.8, 4) is 0 Å². The van der Waals surface area contributed by atoms with E-state index in [1.165, 1.54) is 17.0 Å². The highest BCUT2D eigenvalue weighted by molar-refractivity contribution is 7.99. The molecule has 1 atom stereocenters. The van der Waals surface area contributed by atoms with E-state index in [0.29, 0.717) is 13.2 Å². The zero-order valence-corrected chi connectivity index (χ0v) is 11.2. The maximum atomic E-state index is 12.6. The van der Waals surface area contributed by atoms with Crippen molar-refractivity contribution in [3.63, 3.8) is 0 Å². The number of nitrogens with zero attached hydrogens (tertiary/aromatic N) is 1. The van der Waals surface area contributed by atoms with Crippen molar-refractivity contribution < 1.29 is 9.53 Å². The number of benzene rings is 1. The number of hydrogen-bond donors (Lipinski definition) is 0. The number of hydrogen-bond acceptors (Lipinski definition) is 3. The SMILES string of the molecule is O=C(c1ccccc1)[C@H]1SCc2cc3c(n21)COC3. The van der Waals surface area contributed by atoms with Crippen LogP contribution in [0.15, 0.2) is 36.4 Å². The van der Waals surface area contributed by atoms with Crippen molar-refractivity contribution >= 4 is 17.5 Å². The lowest BCUT2D eigenvalue weighted by Gasteiger charge is -2.14. The summed E-state index contributed by atoms with van der Waals surface area (Å²) in [4.78, 5) is 12.6. The summed E-state index contributed by atoms with van der Waals surface area (Å²) in [6.45, 7) is 1.32. The molecule has 2 aromatic rings. The average Bonchev–Trinajstić information content (AvgIpc) is 3.10. The van der Waals surface area contributed by atoms with Gasteiger partial charge < -0.3 is 9.30 Å². The van der Waals surface area contributed by atoms with Crippen molar-refractivity contribution in [2.45, 2.75) is 24.3 Å². The van der Waals surface area contributed by atoms with Crippen LogP contribution in [0, 0.1) is 0 Å². The van der Waals surface area contributed by atoms with Crippen LogP contribution >= 0.6 is 11.8 Å². The van der Waals surface area contributed by atoms with Gasteiger partial charge in [-0.25, -0.2) is 0 Å². The topological polar surface area (TPSA) is 31.2 Å². The van der Waals surface area contributed by atoms with Gasteiger partial charge in [0.1, 0.15) is 5.37 Å². The number of carbonyl (C=O) groups excluding carboxylic acids is 1. The quantitative estimate of drug-likeness (QED) is 0.786. The first-order chi connectivity index (χ1) is 9.34. The highest BCUT2D eigenvalue weighted by Crippen LogP contribution is 2.42. The summed E-state index contributed by atoms with van der Waals surface area (Å²) in [6.07, 6.45) is 0. The number of ether oxygens (including phenoxy) is 1. The molecule has 0 saturated carbocycles. The maximum absolute atomic E-state index is 12.6. The Kier molecular flexibility index (Phi) is 2.53. The molecule has 4 heteroatoms. The van der Waals surface area contributed by atoms with Crippen molar-refractivity contribution in [2.24, 2.45) is 0 Å². The van der Waals surface area contributed by atoms with Gasteiger partial charge in [-0.1, -0.05) is 30.3 Å². The molecule has 2 aliphatic rings. The van der Waals surface area contributed by atoms with Gasteiger partial charge >= 0.3 is 0 Å². The van der Waals surface area contributed by atoms with Crippen LogP contribution in [0.1, 0.15) is 32.7 Å². The van der Waals surface area contributed by atoms with Crippen molar-refractivity contribution in [1.29, 1.82) is 0 Å². The highest BCUT2D eigenvalue weighted by atomic mass is 32.2. The fraction of sp³-hybridized carbons (Fsp3) is 0.267. The molecule has 0 spiro atoms. The van der Waals surface area contributed by atoms with E-state index < -0.39 is 0 Å². The predicted octanol–water partition coefficient (Wildman–Crippen LogP) is 3.15. The molecule has 3 nitrogen and oxygen atoms in total. The molecule has 0 saturated heterocycles. The van der Waals surface area contributed by atoms with Crippen LogP contribution < -0.4 is 0 Å². The second-order valence-corrected chi connectivity index (χ2v) is 5.93. The van der Waals surface area contributed by atoms with Gasteiger partial charge in [0.15, 0.2) is 5.78 Å². The Morgan fingerprint density at radius 3 is 2.95 bits per heavy atom. The van der Waals surface area contributed by atoms with E-state index in [0.717, 1.165) is 11.3 Å². The van der Waals surface area contributed by atoms with E-state index in [1.807, 2.05) is 30.3 Å². The maximum Gasteiger partial charge on any atom is 0.195 e. The molecule has 0 bridgehead atoms. The molecular formula is C15H13NO2S. The van der Waals surface area contributed by atoms with Gasteiger partial charge in [-0.2, -0.15) is 0 Å². The Morgan fingerprint density at radius 2 is 2.11 bits per heavy atom. The summed E-state index contributed by atoms with van der Waals surface area (Å²) in [5, 5.41) is -0.122. The van der Waals surface area contributed by atoms with Crippen LogP contribution in [0.4, 0.5) is 0 Å². The summed E-state index contributed by atoms with van der Waals surface area (Å²) >= 11 is 1.70. The lowest BCUT2D eigenvalue weighted by atomic mass is 10.1. The molecule has 1 aromatic carbocycles. The van der Waals surface area contributed by atoms with E-state index in [2.05, 4.69) is 10.6 Å². The van der Waals surface area contributed by atoms with Crippen LogP contribution in [0.2, 0.25) is 0 Å². The number of rotatable bonds is 2. The first-order valence-corrected chi connectivity index (χ1v) is 7.40. The van der Waals surface area contributed by atoms with Crippen LogP contribution in [0.25, 0.3) is 0 Å². The van der Waals surface area contributed by atoms with Gasteiger partial charge in [0.25, 0.3) is 0 Å². The summed E-state index contributed by atoms with van der Waals surface area (Å²) in [5.74, 6) is 1.10. The van der Waals surface area contributed by atoms with Crippen LogP contribution in [-0.4, -0.2) is 10.4 Å². The van der Waals surface area contributed by atoms with E-state index in [4.69, 9.17) is 4.74 Å². The summed E-state index contributed by atoms with van der Waals surface area (Å²) in [6, 6.07) is 11.7. The fourth-order valence-electron chi connectivity index (χ4n) is 2.81. The number of thioether (sulfide) groups is 1. The molecule has 0 aliphatic carbocycles. The molecule has 0 unspecified atom stereocenters. The van der Waals surface area contributed by atoms with Crippen molar-refractivity contribution in [2.75, 3.05) is 0 Å². The molecule has 96 valence electrons. The second-order valence-electron chi connectivity index (χ2n) is 4.86. The zero-order valence-electron chi connectivity index (χ0n) is 10.3. The van der Waals surface area contributed by atoms with E-state index >= 15 is 0 Å². The standard InChI is InChI=1S/C15H13NO2S/c17-14(10-4-2-1-3-5-10)15-16-12(9-19-15)6-11-7-18-8-13(11)16/h1-6,15H,7-9H2/t15-/m1/s1. The Balaban J connectivity index is 1.75. The lowest BCUT2D eigenvalue weighted by Crippen LogP contribution is -2.15. The third-order valence-corrected chi connectivity index (χ3v) is 4.92. The molecule has 3 heterocycles. The zero-order chi connectivity index (χ0) is 12.8. The third kappa shape index (κ3) is 1.67. The minimum Gasteiger partial charge on any atom is -0.370 e. The Morgan fingerprint density at radius 1 is 1.26 bits per heavy atom. The molecule has 0 radical (unpaired) electrons. The van der Waals surface area contributed by atoms with Crippen molar-refractivity contribution in [3.05, 3.63) is 58.9 Å². The number of carbonyl (C=O) groups is 1. The Labute approximate surface area is 115 Å². The molecule has 19 heavy (non-hydrogen) atoms. The molecular weight excluding hydrogens is 258 g/mol. The fourth-order valence-corrected chi connectivity index (χ4v) is 4.06. The number of ketones is 1. The Hall–Kier alpha value is -1.52. The van der Waals surface area contributed by atoms with Gasteiger partial charge in [0.2, 0.25) is 0 Å².